The second-order valence-electron chi connectivity index (χ2n) is 6.30. The molecule has 1 atom stereocenters. The summed E-state index contributed by atoms with van der Waals surface area (Å²) in [6.45, 7) is 3.72. The fourth-order valence-corrected chi connectivity index (χ4v) is 5.03. The summed E-state index contributed by atoms with van der Waals surface area (Å²) in [5.74, 6) is -0.441. The number of aryl methyl sites for hydroxylation is 2. The van der Waals surface area contributed by atoms with E-state index in [1.807, 2.05) is 6.92 Å². The van der Waals surface area contributed by atoms with Crippen molar-refractivity contribution >= 4 is 50.3 Å². The van der Waals surface area contributed by atoms with Gasteiger partial charge in [-0.05, 0) is 32.0 Å². The SMILES string of the molecule is Cc1ncc(CNC(=O)c2cnc(C(N)S(=O)(=O)c3ccc(Cl)c(Cl)c3)c(C)n2)s1. The number of hydrogen-bond acceptors (Lipinski definition) is 8. The Morgan fingerprint density at radius 2 is 1.93 bits per heavy atom. The molecule has 8 nitrogen and oxygen atoms in total. The van der Waals surface area contributed by atoms with E-state index in [2.05, 4.69) is 20.3 Å². The lowest BCUT2D eigenvalue weighted by molar-refractivity contribution is 0.0945. The molecule has 158 valence electrons. The van der Waals surface area contributed by atoms with E-state index in [-0.39, 0.29) is 32.0 Å². The second kappa shape index (κ2) is 8.94. The molecule has 3 rings (SSSR count). The summed E-state index contributed by atoms with van der Waals surface area (Å²) in [5.41, 5.74) is 6.30. The molecule has 0 aliphatic carbocycles. The molecule has 30 heavy (non-hydrogen) atoms. The van der Waals surface area contributed by atoms with Crippen molar-refractivity contribution < 1.29 is 13.2 Å². The summed E-state index contributed by atoms with van der Waals surface area (Å²) in [6, 6.07) is 3.92. The van der Waals surface area contributed by atoms with Crippen LogP contribution in [0, 0.1) is 13.8 Å². The third kappa shape index (κ3) is 4.79. The number of nitrogens with zero attached hydrogens (tertiary/aromatic N) is 3. The Bertz CT molecular complexity index is 1210. The largest absolute Gasteiger partial charge is 0.346 e. The van der Waals surface area contributed by atoms with Crippen molar-refractivity contribution in [3.05, 3.63) is 67.6 Å². The van der Waals surface area contributed by atoms with Gasteiger partial charge in [0.2, 0.25) is 0 Å². The number of hydrogen-bond donors (Lipinski definition) is 2. The molecule has 0 aliphatic heterocycles. The molecule has 1 aromatic carbocycles. The average molecular weight is 486 g/mol. The summed E-state index contributed by atoms with van der Waals surface area (Å²) >= 11 is 13.2. The molecule has 0 radical (unpaired) electrons. The fourth-order valence-electron chi connectivity index (χ4n) is 2.57. The van der Waals surface area contributed by atoms with E-state index in [4.69, 9.17) is 28.9 Å². The number of sulfone groups is 1. The third-order valence-electron chi connectivity index (χ3n) is 4.13. The van der Waals surface area contributed by atoms with Crippen molar-refractivity contribution in [2.75, 3.05) is 0 Å². The third-order valence-corrected chi connectivity index (χ3v) is 7.59. The minimum Gasteiger partial charge on any atom is -0.346 e. The van der Waals surface area contributed by atoms with Crippen LogP contribution in [0.5, 0.6) is 0 Å². The highest BCUT2D eigenvalue weighted by atomic mass is 35.5. The predicted octanol–water partition coefficient (Wildman–Crippen LogP) is 3.22. The van der Waals surface area contributed by atoms with Crippen LogP contribution in [0.15, 0.2) is 35.5 Å². The maximum absolute atomic E-state index is 12.8. The van der Waals surface area contributed by atoms with Gasteiger partial charge in [-0.15, -0.1) is 11.3 Å². The lowest BCUT2D eigenvalue weighted by Gasteiger charge is -2.15. The number of benzene rings is 1. The number of nitrogens with two attached hydrogens (primary N) is 1. The van der Waals surface area contributed by atoms with Gasteiger partial charge >= 0.3 is 0 Å². The maximum Gasteiger partial charge on any atom is 0.271 e. The van der Waals surface area contributed by atoms with Gasteiger partial charge in [-0.25, -0.2) is 18.4 Å². The number of halogens is 2. The van der Waals surface area contributed by atoms with Crippen LogP contribution in [0.25, 0.3) is 0 Å². The highest BCUT2D eigenvalue weighted by molar-refractivity contribution is 7.91. The van der Waals surface area contributed by atoms with E-state index in [1.165, 1.54) is 42.7 Å². The number of aromatic nitrogens is 3. The van der Waals surface area contributed by atoms with Crippen LogP contribution in [0.4, 0.5) is 0 Å². The highest BCUT2D eigenvalue weighted by Gasteiger charge is 2.29. The summed E-state index contributed by atoms with van der Waals surface area (Å²) in [6.07, 6.45) is 2.88. The molecule has 3 aromatic rings. The Morgan fingerprint density at radius 1 is 1.20 bits per heavy atom. The maximum atomic E-state index is 12.8. The van der Waals surface area contributed by atoms with Crippen LogP contribution >= 0.6 is 34.5 Å². The van der Waals surface area contributed by atoms with Gasteiger partial charge in [0, 0.05) is 11.1 Å². The first kappa shape index (κ1) is 22.6. The van der Waals surface area contributed by atoms with Crippen LogP contribution in [0.1, 0.15) is 37.1 Å². The number of carbonyl (C=O) groups is 1. The molecule has 1 amide bonds. The molecule has 2 aromatic heterocycles. The molecule has 1 unspecified atom stereocenters. The van der Waals surface area contributed by atoms with Gasteiger partial charge in [0.15, 0.2) is 15.2 Å². The Hall–Kier alpha value is -2.11. The molecule has 0 spiro atoms. The molecular weight excluding hydrogens is 469 g/mol. The lowest BCUT2D eigenvalue weighted by atomic mass is 10.3. The Kier molecular flexibility index (Phi) is 6.73. The van der Waals surface area contributed by atoms with Crippen LogP contribution in [-0.4, -0.2) is 29.3 Å². The van der Waals surface area contributed by atoms with E-state index in [1.54, 1.807) is 6.20 Å². The van der Waals surface area contributed by atoms with Crippen LogP contribution in [-0.2, 0) is 16.4 Å². The Balaban J connectivity index is 1.79. The summed E-state index contributed by atoms with van der Waals surface area (Å²) < 4.78 is 25.7. The van der Waals surface area contributed by atoms with Crippen LogP contribution in [0.2, 0.25) is 10.0 Å². The zero-order chi connectivity index (χ0) is 22.1. The number of nitrogens with one attached hydrogen (secondary N) is 1. The monoisotopic (exact) mass is 485 g/mol. The lowest BCUT2D eigenvalue weighted by Crippen LogP contribution is -2.27. The van der Waals surface area contributed by atoms with Gasteiger partial charge in [0.25, 0.3) is 5.91 Å². The van der Waals surface area contributed by atoms with Crippen molar-refractivity contribution in [2.24, 2.45) is 5.73 Å². The quantitative estimate of drug-likeness (QED) is 0.548. The van der Waals surface area contributed by atoms with Crippen LogP contribution < -0.4 is 11.1 Å². The van der Waals surface area contributed by atoms with Gasteiger partial charge < -0.3 is 11.1 Å². The number of amides is 1. The summed E-state index contributed by atoms with van der Waals surface area (Å²) in [7, 11) is -4.00. The smallest absolute Gasteiger partial charge is 0.271 e. The zero-order valence-corrected chi connectivity index (χ0v) is 19.0. The first-order chi connectivity index (χ1) is 14.1. The predicted molar refractivity (Wildman–Crippen MR) is 115 cm³/mol. The van der Waals surface area contributed by atoms with E-state index in [0.29, 0.717) is 6.54 Å². The molecule has 12 heteroatoms. The normalized spacial score (nSPS) is 12.6. The van der Waals surface area contributed by atoms with E-state index in [0.717, 1.165) is 9.88 Å². The Morgan fingerprint density at radius 3 is 2.53 bits per heavy atom. The summed E-state index contributed by atoms with van der Waals surface area (Å²) in [4.78, 5) is 25.5. The minimum atomic E-state index is -4.00. The topological polar surface area (TPSA) is 128 Å². The number of thiazole rings is 1. The molecule has 0 saturated heterocycles. The molecule has 3 N–H and O–H groups in total. The van der Waals surface area contributed by atoms with E-state index in [9.17, 15) is 13.2 Å². The molecule has 2 heterocycles. The average Bonchev–Trinajstić information content (AvgIpc) is 3.12. The summed E-state index contributed by atoms with van der Waals surface area (Å²) in [5, 5.41) is 2.46. The van der Waals surface area contributed by atoms with E-state index >= 15 is 0 Å². The van der Waals surface area contributed by atoms with Gasteiger partial charge in [-0.1, -0.05) is 23.2 Å². The first-order valence-electron chi connectivity index (χ1n) is 8.57. The molecular formula is C18H17Cl2N5O3S2. The van der Waals surface area contributed by atoms with Crippen molar-refractivity contribution in [3.8, 4) is 0 Å². The fraction of sp³-hybridized carbons (Fsp3) is 0.222. The zero-order valence-electron chi connectivity index (χ0n) is 15.9. The van der Waals surface area contributed by atoms with Gasteiger partial charge in [-0.3, -0.25) is 9.78 Å². The number of rotatable bonds is 6. The highest BCUT2D eigenvalue weighted by Crippen LogP contribution is 2.30. The van der Waals surface area contributed by atoms with Gasteiger partial charge in [-0.2, -0.15) is 0 Å². The van der Waals surface area contributed by atoms with Crippen LogP contribution in [0.3, 0.4) is 0 Å². The van der Waals surface area contributed by atoms with E-state index < -0.39 is 21.1 Å². The second-order valence-corrected chi connectivity index (χ2v) is 10.5. The Labute approximate surface area is 187 Å². The first-order valence-corrected chi connectivity index (χ1v) is 11.7. The van der Waals surface area contributed by atoms with Crippen molar-refractivity contribution in [1.82, 2.24) is 20.3 Å². The molecule has 0 saturated carbocycles. The van der Waals surface area contributed by atoms with Gasteiger partial charge in [0.05, 0.1) is 44.1 Å². The van der Waals surface area contributed by atoms with Crippen molar-refractivity contribution in [2.45, 2.75) is 30.7 Å². The van der Waals surface area contributed by atoms with Crippen molar-refractivity contribution in [1.29, 1.82) is 0 Å². The minimum absolute atomic E-state index is 0.0377. The molecule has 0 aliphatic rings. The number of carbonyl (C=O) groups excluding carboxylic acids is 1. The van der Waals surface area contributed by atoms with Gasteiger partial charge in [0.1, 0.15) is 5.69 Å². The molecule has 0 fully saturated rings. The standard InChI is InChI=1S/C18H17Cl2N5O3S2/c1-9-16(17(21)30(27,28)12-3-4-13(19)14(20)5-12)23-8-15(25-9)18(26)24-7-11-6-22-10(2)29-11/h3-6,8,17H,7,21H2,1-2H3,(H,24,26). The van der Waals surface area contributed by atoms with Crippen molar-refractivity contribution in [3.63, 3.8) is 0 Å². The molecule has 0 bridgehead atoms.